The van der Waals surface area contributed by atoms with E-state index in [1.54, 1.807) is 0 Å². The largest absolute Gasteiger partial charge is 0.416 e. The zero-order valence-electron chi connectivity index (χ0n) is 9.74. The Labute approximate surface area is 136 Å². The maximum absolute atomic E-state index is 12.8. The number of alkyl halides is 6. The van der Waals surface area contributed by atoms with E-state index in [-0.39, 0.29) is 11.6 Å². The molecule has 114 valence electrons. The molecule has 1 heterocycles. The first-order chi connectivity index (χ1) is 9.48. The zero-order valence-corrected chi connectivity index (χ0v) is 13.7. The Balaban J connectivity index is 2.65. The van der Waals surface area contributed by atoms with E-state index >= 15 is 0 Å². The summed E-state index contributed by atoms with van der Waals surface area (Å²) >= 11 is 7.35. The van der Waals surface area contributed by atoms with E-state index in [1.807, 2.05) is 0 Å². The summed E-state index contributed by atoms with van der Waals surface area (Å²) in [5.74, 6) is 0. The third kappa shape index (κ3) is 3.81. The molecule has 0 aliphatic carbocycles. The molecule has 0 bridgehead atoms. The van der Waals surface area contributed by atoms with E-state index in [2.05, 4.69) is 31.9 Å². The normalized spacial score (nSPS) is 12.8. The zero-order chi connectivity index (χ0) is 16.0. The second-order valence-corrected chi connectivity index (χ2v) is 7.25. The lowest BCUT2D eigenvalue weighted by molar-refractivity contribution is -0.143. The van der Waals surface area contributed by atoms with Gasteiger partial charge >= 0.3 is 12.4 Å². The van der Waals surface area contributed by atoms with Crippen molar-refractivity contribution in [3.8, 4) is 10.4 Å². The van der Waals surface area contributed by atoms with Gasteiger partial charge < -0.3 is 0 Å². The standard InChI is InChI=1S/C12H4Br2F6S/c13-8-4-9(21-10(8)14)5-1-6(11(15,16)17)3-7(2-5)12(18,19)20/h1-4H. The first-order valence-electron chi connectivity index (χ1n) is 5.23. The van der Waals surface area contributed by atoms with Gasteiger partial charge in [-0.25, -0.2) is 0 Å². The second kappa shape index (κ2) is 5.58. The maximum Gasteiger partial charge on any atom is 0.416 e. The molecule has 1 aromatic heterocycles. The Morgan fingerprint density at radius 1 is 0.762 bits per heavy atom. The number of hydrogen-bond acceptors (Lipinski definition) is 1. The maximum atomic E-state index is 12.8. The van der Waals surface area contributed by atoms with E-state index in [1.165, 1.54) is 6.07 Å². The molecule has 0 spiro atoms. The fourth-order valence-corrected chi connectivity index (χ4v) is 3.61. The van der Waals surface area contributed by atoms with Crippen molar-refractivity contribution >= 4 is 43.2 Å². The minimum atomic E-state index is -4.85. The molecule has 0 aliphatic heterocycles. The van der Waals surface area contributed by atoms with Gasteiger partial charge in [-0.05, 0) is 61.7 Å². The summed E-state index contributed by atoms with van der Waals surface area (Å²) in [4.78, 5) is 0.297. The summed E-state index contributed by atoms with van der Waals surface area (Å²) in [6.45, 7) is 0. The van der Waals surface area contributed by atoms with Crippen LogP contribution in [0.1, 0.15) is 11.1 Å². The fraction of sp³-hybridized carbons (Fsp3) is 0.167. The molecule has 0 saturated heterocycles. The number of thiophene rings is 1. The summed E-state index contributed by atoms with van der Waals surface area (Å²) in [6.07, 6.45) is -9.69. The van der Waals surface area contributed by atoms with Gasteiger partial charge in [0.25, 0.3) is 0 Å². The quantitative estimate of drug-likeness (QED) is 0.408. The first kappa shape index (κ1) is 16.8. The molecule has 0 N–H and O–H groups in total. The number of halogens is 8. The topological polar surface area (TPSA) is 0 Å². The van der Waals surface area contributed by atoms with Crippen LogP contribution >= 0.6 is 43.2 Å². The highest BCUT2D eigenvalue weighted by Crippen LogP contribution is 2.42. The van der Waals surface area contributed by atoms with Crippen LogP contribution in [0.15, 0.2) is 32.5 Å². The van der Waals surface area contributed by atoms with Crippen LogP contribution in [0.2, 0.25) is 0 Å². The minimum absolute atomic E-state index is 0.112. The highest BCUT2D eigenvalue weighted by molar-refractivity contribution is 9.13. The van der Waals surface area contributed by atoms with Crippen molar-refractivity contribution in [3.63, 3.8) is 0 Å². The number of hydrogen-bond donors (Lipinski definition) is 0. The second-order valence-electron chi connectivity index (χ2n) is 4.03. The number of rotatable bonds is 1. The third-order valence-corrected chi connectivity index (χ3v) is 5.82. The predicted molar refractivity (Wildman–Crippen MR) is 75.2 cm³/mol. The summed E-state index contributed by atoms with van der Waals surface area (Å²) in [6, 6.07) is 2.99. The van der Waals surface area contributed by atoms with Crippen molar-refractivity contribution in [2.75, 3.05) is 0 Å². The number of benzene rings is 1. The van der Waals surface area contributed by atoms with Crippen molar-refractivity contribution in [2.45, 2.75) is 12.4 Å². The molecule has 0 radical (unpaired) electrons. The highest BCUT2D eigenvalue weighted by atomic mass is 79.9. The van der Waals surface area contributed by atoms with Crippen molar-refractivity contribution in [2.24, 2.45) is 0 Å². The third-order valence-electron chi connectivity index (χ3n) is 2.52. The SMILES string of the molecule is FC(F)(F)c1cc(-c2cc(Br)c(Br)s2)cc(C(F)(F)F)c1. The van der Waals surface area contributed by atoms with Crippen LogP contribution in [0.4, 0.5) is 26.3 Å². The molecule has 0 unspecified atom stereocenters. The van der Waals surface area contributed by atoms with Gasteiger partial charge in [-0.1, -0.05) is 0 Å². The van der Waals surface area contributed by atoms with Crippen molar-refractivity contribution in [1.29, 1.82) is 0 Å². The van der Waals surface area contributed by atoms with Crippen LogP contribution in [0, 0.1) is 0 Å². The summed E-state index contributed by atoms with van der Waals surface area (Å²) in [5.41, 5.74) is -2.78. The highest BCUT2D eigenvalue weighted by Gasteiger charge is 2.37. The molecule has 1 aromatic carbocycles. The molecule has 0 saturated carbocycles. The van der Waals surface area contributed by atoms with Crippen LogP contribution in [0.25, 0.3) is 10.4 Å². The molecule has 9 heteroatoms. The van der Waals surface area contributed by atoms with Crippen LogP contribution in [0.3, 0.4) is 0 Å². The van der Waals surface area contributed by atoms with Crippen LogP contribution < -0.4 is 0 Å². The lowest BCUT2D eigenvalue weighted by Gasteiger charge is -2.13. The molecular weight excluding hydrogens is 450 g/mol. The Kier molecular flexibility index (Phi) is 4.47. The first-order valence-corrected chi connectivity index (χ1v) is 7.63. The summed E-state index contributed by atoms with van der Waals surface area (Å²) in [5, 5.41) is 0. The van der Waals surface area contributed by atoms with Crippen LogP contribution in [-0.4, -0.2) is 0 Å². The van der Waals surface area contributed by atoms with E-state index in [0.29, 0.717) is 25.3 Å². The van der Waals surface area contributed by atoms with E-state index in [4.69, 9.17) is 0 Å². The molecule has 21 heavy (non-hydrogen) atoms. The van der Waals surface area contributed by atoms with Gasteiger partial charge in [-0.15, -0.1) is 11.3 Å². The van der Waals surface area contributed by atoms with Gasteiger partial charge in [0.15, 0.2) is 0 Å². The van der Waals surface area contributed by atoms with E-state index < -0.39 is 23.5 Å². The Hall–Kier alpha value is -0.540. The minimum Gasteiger partial charge on any atom is -0.166 e. The molecule has 2 aromatic rings. The Bertz CT molecular complexity index is 620. The van der Waals surface area contributed by atoms with Crippen LogP contribution in [-0.2, 0) is 12.4 Å². The predicted octanol–water partition coefficient (Wildman–Crippen LogP) is 6.98. The summed E-state index contributed by atoms with van der Waals surface area (Å²) in [7, 11) is 0. The Morgan fingerprint density at radius 2 is 1.24 bits per heavy atom. The smallest absolute Gasteiger partial charge is 0.166 e. The average Bonchev–Trinajstić information content (AvgIpc) is 2.67. The lowest BCUT2D eigenvalue weighted by atomic mass is 10.0. The van der Waals surface area contributed by atoms with Crippen molar-refractivity contribution in [3.05, 3.63) is 43.7 Å². The molecule has 0 atom stereocenters. The molecular formula is C12H4Br2F6S. The molecule has 0 aliphatic rings. The fourth-order valence-electron chi connectivity index (χ4n) is 1.59. The molecule has 0 amide bonds. The van der Waals surface area contributed by atoms with Gasteiger partial charge in [0.1, 0.15) is 0 Å². The van der Waals surface area contributed by atoms with Gasteiger partial charge in [0.05, 0.1) is 14.9 Å². The van der Waals surface area contributed by atoms with Crippen molar-refractivity contribution < 1.29 is 26.3 Å². The molecule has 0 fully saturated rings. The monoisotopic (exact) mass is 452 g/mol. The van der Waals surface area contributed by atoms with E-state index in [9.17, 15) is 26.3 Å². The summed E-state index contributed by atoms with van der Waals surface area (Å²) < 4.78 is 77.7. The van der Waals surface area contributed by atoms with Gasteiger partial charge in [0, 0.05) is 9.35 Å². The average molecular weight is 454 g/mol. The lowest BCUT2D eigenvalue weighted by Crippen LogP contribution is -2.10. The van der Waals surface area contributed by atoms with Crippen molar-refractivity contribution in [1.82, 2.24) is 0 Å². The van der Waals surface area contributed by atoms with Gasteiger partial charge in [0.2, 0.25) is 0 Å². The van der Waals surface area contributed by atoms with Gasteiger partial charge in [-0.3, -0.25) is 0 Å². The van der Waals surface area contributed by atoms with Crippen LogP contribution in [0.5, 0.6) is 0 Å². The molecule has 0 nitrogen and oxygen atoms in total. The Morgan fingerprint density at radius 3 is 1.57 bits per heavy atom. The molecule has 2 rings (SSSR count). The van der Waals surface area contributed by atoms with Gasteiger partial charge in [-0.2, -0.15) is 26.3 Å². The van der Waals surface area contributed by atoms with E-state index in [0.717, 1.165) is 11.3 Å².